The Labute approximate surface area is 128 Å². The molecule has 22 heavy (non-hydrogen) atoms. The molecule has 1 aromatic rings. The molecular weight excluding hydrogens is 285 g/mol. The van der Waals surface area contributed by atoms with Gasteiger partial charge in [0.2, 0.25) is 0 Å². The van der Waals surface area contributed by atoms with E-state index in [0.29, 0.717) is 11.8 Å². The molecule has 4 atom stereocenters. The third-order valence-corrected chi connectivity index (χ3v) is 4.95. The lowest BCUT2D eigenvalue weighted by Crippen LogP contribution is -2.46. The van der Waals surface area contributed by atoms with Crippen LogP contribution in [-0.2, 0) is 0 Å². The van der Waals surface area contributed by atoms with Crippen LogP contribution in [0.4, 0.5) is 14.9 Å². The fraction of sp³-hybridized carbons (Fsp3) is 0.500. The zero-order chi connectivity index (χ0) is 15.7. The molecular formula is C16H18FN3O2. The summed E-state index contributed by atoms with van der Waals surface area (Å²) in [7, 11) is 0. The van der Waals surface area contributed by atoms with E-state index in [9.17, 15) is 14.3 Å². The standard InChI is InChI=1S/C16H18FN3O2/c17-12-3-4-14(11(6-12)7-18)19-16(22)20-15-10-2-1-9(5-10)13(15)8-21/h3-4,6,9-10,13,15,21H,1-2,5,8H2,(H2,19,20,22)/t9-,10-,13+,15+/m0/s1. The Bertz CT molecular complexity index is 628. The lowest BCUT2D eigenvalue weighted by molar-refractivity contribution is 0.146. The number of halogens is 1. The number of rotatable bonds is 3. The highest BCUT2D eigenvalue weighted by atomic mass is 19.1. The van der Waals surface area contributed by atoms with Crippen molar-refractivity contribution in [2.75, 3.05) is 11.9 Å². The van der Waals surface area contributed by atoms with Crippen molar-refractivity contribution in [3.8, 4) is 6.07 Å². The first kappa shape index (κ1) is 14.8. The van der Waals surface area contributed by atoms with Crippen LogP contribution in [0.25, 0.3) is 0 Å². The summed E-state index contributed by atoms with van der Waals surface area (Å²) in [6.07, 6.45) is 3.24. The normalized spacial score (nSPS) is 29.1. The molecule has 2 bridgehead atoms. The first-order chi connectivity index (χ1) is 10.6. The van der Waals surface area contributed by atoms with Gasteiger partial charge >= 0.3 is 6.03 Å². The quantitative estimate of drug-likeness (QED) is 0.800. The van der Waals surface area contributed by atoms with E-state index >= 15 is 0 Å². The molecule has 116 valence electrons. The maximum Gasteiger partial charge on any atom is 0.319 e. The Morgan fingerprint density at radius 2 is 2.18 bits per heavy atom. The number of anilines is 1. The van der Waals surface area contributed by atoms with Gasteiger partial charge in [0.25, 0.3) is 0 Å². The number of carbonyl (C=O) groups excluding carboxylic acids is 1. The fourth-order valence-electron chi connectivity index (χ4n) is 3.93. The van der Waals surface area contributed by atoms with Crippen LogP contribution in [0, 0.1) is 34.9 Å². The summed E-state index contributed by atoms with van der Waals surface area (Å²) in [4.78, 5) is 12.2. The van der Waals surface area contributed by atoms with Gasteiger partial charge < -0.3 is 15.7 Å². The lowest BCUT2D eigenvalue weighted by Gasteiger charge is -2.30. The second kappa shape index (κ2) is 5.93. The summed E-state index contributed by atoms with van der Waals surface area (Å²) in [5.74, 6) is 0.487. The van der Waals surface area contributed by atoms with Crippen molar-refractivity contribution in [2.24, 2.45) is 17.8 Å². The van der Waals surface area contributed by atoms with Crippen LogP contribution >= 0.6 is 0 Å². The second-order valence-corrected chi connectivity index (χ2v) is 6.11. The van der Waals surface area contributed by atoms with Gasteiger partial charge in [-0.2, -0.15) is 5.26 Å². The minimum Gasteiger partial charge on any atom is -0.396 e. The van der Waals surface area contributed by atoms with Crippen molar-refractivity contribution in [2.45, 2.75) is 25.3 Å². The predicted molar refractivity (Wildman–Crippen MR) is 78.5 cm³/mol. The first-order valence-electron chi connectivity index (χ1n) is 7.50. The van der Waals surface area contributed by atoms with E-state index < -0.39 is 11.8 Å². The topological polar surface area (TPSA) is 85.2 Å². The molecule has 2 aliphatic carbocycles. The summed E-state index contributed by atoms with van der Waals surface area (Å²) in [6, 6.07) is 5.07. The molecule has 6 heteroatoms. The first-order valence-corrected chi connectivity index (χ1v) is 7.50. The van der Waals surface area contributed by atoms with E-state index in [0.717, 1.165) is 25.3 Å². The number of amides is 2. The van der Waals surface area contributed by atoms with Crippen molar-refractivity contribution in [3.05, 3.63) is 29.6 Å². The van der Waals surface area contributed by atoms with Crippen LogP contribution in [0.5, 0.6) is 0 Å². The molecule has 3 N–H and O–H groups in total. The highest BCUT2D eigenvalue weighted by Gasteiger charge is 2.47. The van der Waals surface area contributed by atoms with Gasteiger partial charge in [-0.05, 0) is 49.3 Å². The summed E-state index contributed by atoms with van der Waals surface area (Å²) in [5, 5.41) is 24.0. The van der Waals surface area contributed by atoms with Gasteiger partial charge in [-0.3, -0.25) is 0 Å². The van der Waals surface area contributed by atoms with Crippen molar-refractivity contribution in [1.82, 2.24) is 5.32 Å². The van der Waals surface area contributed by atoms with E-state index in [4.69, 9.17) is 5.26 Å². The third kappa shape index (κ3) is 2.64. The molecule has 2 fully saturated rings. The molecule has 0 heterocycles. The number of benzene rings is 1. The molecule has 3 rings (SSSR count). The predicted octanol–water partition coefficient (Wildman–Crippen LogP) is 2.23. The molecule has 2 aliphatic rings. The third-order valence-electron chi connectivity index (χ3n) is 4.95. The van der Waals surface area contributed by atoms with Crippen molar-refractivity contribution >= 4 is 11.7 Å². The Kier molecular flexibility index (Phi) is 3.99. The summed E-state index contributed by atoms with van der Waals surface area (Å²) in [5.41, 5.74) is 0.368. The number of hydrogen-bond acceptors (Lipinski definition) is 3. The van der Waals surface area contributed by atoms with Crippen molar-refractivity contribution < 1.29 is 14.3 Å². The van der Waals surface area contributed by atoms with E-state index in [1.165, 1.54) is 12.1 Å². The lowest BCUT2D eigenvalue weighted by atomic mass is 9.85. The van der Waals surface area contributed by atoms with Gasteiger partial charge in [0, 0.05) is 18.6 Å². The van der Waals surface area contributed by atoms with Crippen molar-refractivity contribution in [1.29, 1.82) is 5.26 Å². The number of aliphatic hydroxyl groups excluding tert-OH is 1. The summed E-state index contributed by atoms with van der Waals surface area (Å²) >= 11 is 0. The minimum atomic E-state index is -0.518. The van der Waals surface area contributed by atoms with Gasteiger partial charge in [-0.15, -0.1) is 0 Å². The number of nitriles is 1. The van der Waals surface area contributed by atoms with Crippen LogP contribution in [0.15, 0.2) is 18.2 Å². The number of hydrogen-bond donors (Lipinski definition) is 3. The zero-order valence-corrected chi connectivity index (χ0v) is 12.1. The van der Waals surface area contributed by atoms with Gasteiger partial charge in [-0.1, -0.05) is 0 Å². The number of fused-ring (bicyclic) bond motifs is 2. The molecule has 0 unspecified atom stereocenters. The summed E-state index contributed by atoms with van der Waals surface area (Å²) < 4.78 is 13.1. The fourth-order valence-corrected chi connectivity index (χ4v) is 3.93. The van der Waals surface area contributed by atoms with Crippen LogP contribution < -0.4 is 10.6 Å². The molecule has 5 nitrogen and oxygen atoms in total. The highest BCUT2D eigenvalue weighted by molar-refractivity contribution is 5.91. The Morgan fingerprint density at radius 1 is 1.41 bits per heavy atom. The average molecular weight is 303 g/mol. The number of urea groups is 1. The molecule has 2 saturated carbocycles. The highest BCUT2D eigenvalue weighted by Crippen LogP contribution is 2.48. The van der Waals surface area contributed by atoms with E-state index in [2.05, 4.69) is 10.6 Å². The van der Waals surface area contributed by atoms with Gasteiger partial charge in [-0.25, -0.2) is 9.18 Å². The Hall–Kier alpha value is -2.13. The van der Waals surface area contributed by atoms with Crippen LogP contribution in [0.3, 0.4) is 0 Å². The molecule has 0 saturated heterocycles. The zero-order valence-electron chi connectivity index (χ0n) is 12.1. The SMILES string of the molecule is N#Cc1cc(F)ccc1NC(=O)N[C@@H]1[C@H]2CC[C@@H](C2)[C@H]1CO. The molecule has 0 spiro atoms. The van der Waals surface area contributed by atoms with Crippen molar-refractivity contribution in [3.63, 3.8) is 0 Å². The number of aliphatic hydroxyl groups is 1. The van der Waals surface area contributed by atoms with Gasteiger partial charge in [0.15, 0.2) is 0 Å². The van der Waals surface area contributed by atoms with E-state index in [-0.39, 0.29) is 29.8 Å². The van der Waals surface area contributed by atoms with Crippen LogP contribution in [0.1, 0.15) is 24.8 Å². The molecule has 2 amide bonds. The molecule has 0 radical (unpaired) electrons. The Balaban J connectivity index is 1.67. The smallest absolute Gasteiger partial charge is 0.319 e. The number of nitrogens with zero attached hydrogens (tertiary/aromatic N) is 1. The summed E-state index contributed by atoms with van der Waals surface area (Å²) in [6.45, 7) is 0.0755. The number of carbonyl (C=O) groups is 1. The molecule has 0 aliphatic heterocycles. The van der Waals surface area contributed by atoms with Gasteiger partial charge in [0.1, 0.15) is 11.9 Å². The maximum atomic E-state index is 13.1. The minimum absolute atomic E-state index is 0.0327. The van der Waals surface area contributed by atoms with E-state index in [1.54, 1.807) is 0 Å². The van der Waals surface area contributed by atoms with Gasteiger partial charge in [0.05, 0.1) is 11.3 Å². The van der Waals surface area contributed by atoms with Crippen LogP contribution in [0.2, 0.25) is 0 Å². The second-order valence-electron chi connectivity index (χ2n) is 6.11. The Morgan fingerprint density at radius 3 is 2.91 bits per heavy atom. The van der Waals surface area contributed by atoms with E-state index in [1.807, 2.05) is 6.07 Å². The maximum absolute atomic E-state index is 13.1. The largest absolute Gasteiger partial charge is 0.396 e. The monoisotopic (exact) mass is 303 g/mol. The molecule has 0 aromatic heterocycles. The number of nitrogens with one attached hydrogen (secondary N) is 2. The average Bonchev–Trinajstić information content (AvgIpc) is 3.10. The molecule has 1 aromatic carbocycles. The van der Waals surface area contributed by atoms with Crippen LogP contribution in [-0.4, -0.2) is 23.8 Å².